The molecular weight excluding hydrogens is 303 g/mol. The lowest BCUT2D eigenvalue weighted by atomic mass is 9.99. The topological polar surface area (TPSA) is 58.6 Å². The molecule has 2 fully saturated rings. The van der Waals surface area contributed by atoms with E-state index in [1.54, 1.807) is 18.2 Å². The quantitative estimate of drug-likeness (QED) is 0.851. The largest absolute Gasteiger partial charge is 0.378 e. The van der Waals surface area contributed by atoms with Crippen molar-refractivity contribution in [2.24, 2.45) is 0 Å². The molecular formula is C13H12Cl2N2O3. The molecule has 2 saturated heterocycles. The van der Waals surface area contributed by atoms with E-state index in [9.17, 15) is 9.59 Å². The number of imide groups is 1. The fourth-order valence-electron chi connectivity index (χ4n) is 2.49. The van der Waals surface area contributed by atoms with Crippen LogP contribution in [0.1, 0.15) is 12.0 Å². The molecule has 5 nitrogen and oxygen atoms in total. The van der Waals surface area contributed by atoms with Crippen LogP contribution in [0.3, 0.4) is 0 Å². The smallest absolute Gasteiger partial charge is 0.325 e. The van der Waals surface area contributed by atoms with Crippen LogP contribution in [0.15, 0.2) is 18.2 Å². The second-order valence-electron chi connectivity index (χ2n) is 4.94. The summed E-state index contributed by atoms with van der Waals surface area (Å²) in [5.74, 6) is -0.268. The van der Waals surface area contributed by atoms with Crippen molar-refractivity contribution in [2.75, 3.05) is 13.2 Å². The highest BCUT2D eigenvalue weighted by Crippen LogP contribution is 2.29. The number of urea groups is 1. The lowest BCUT2D eigenvalue weighted by Gasteiger charge is -2.18. The molecule has 0 aliphatic carbocycles. The van der Waals surface area contributed by atoms with Gasteiger partial charge in [-0.2, -0.15) is 0 Å². The van der Waals surface area contributed by atoms with Crippen LogP contribution in [0.4, 0.5) is 4.79 Å². The van der Waals surface area contributed by atoms with Gasteiger partial charge in [-0.3, -0.25) is 9.69 Å². The molecule has 3 rings (SSSR count). The average Bonchev–Trinajstić information content (AvgIpc) is 2.96. The molecule has 7 heteroatoms. The monoisotopic (exact) mass is 314 g/mol. The second-order valence-corrected chi connectivity index (χ2v) is 5.79. The number of hydrogen-bond acceptors (Lipinski definition) is 3. The SMILES string of the molecule is O=C1N[C@@]2(CCOC2)C(=O)N1Cc1cc(Cl)ccc1Cl. The van der Waals surface area contributed by atoms with E-state index in [0.717, 1.165) is 4.90 Å². The van der Waals surface area contributed by atoms with Crippen LogP contribution in [-0.2, 0) is 16.1 Å². The first-order chi connectivity index (χ1) is 9.52. The Hall–Kier alpha value is -1.30. The summed E-state index contributed by atoms with van der Waals surface area (Å²) in [5, 5.41) is 3.70. The Kier molecular flexibility index (Phi) is 3.36. The summed E-state index contributed by atoms with van der Waals surface area (Å²) in [6.07, 6.45) is 0.497. The maximum Gasteiger partial charge on any atom is 0.325 e. The molecule has 0 radical (unpaired) electrons. The van der Waals surface area contributed by atoms with Gasteiger partial charge in [-0.25, -0.2) is 4.79 Å². The lowest BCUT2D eigenvalue weighted by molar-refractivity contribution is -0.131. The minimum atomic E-state index is -0.901. The molecule has 2 heterocycles. The fourth-order valence-corrected chi connectivity index (χ4v) is 2.86. The Bertz CT molecular complexity index is 585. The number of nitrogens with one attached hydrogen (secondary N) is 1. The number of amides is 3. The molecule has 1 aromatic rings. The average molecular weight is 315 g/mol. The molecule has 1 spiro atoms. The van der Waals surface area contributed by atoms with Gasteiger partial charge in [-0.15, -0.1) is 0 Å². The van der Waals surface area contributed by atoms with Crippen molar-refractivity contribution in [3.63, 3.8) is 0 Å². The van der Waals surface area contributed by atoms with Crippen LogP contribution in [0, 0.1) is 0 Å². The minimum Gasteiger partial charge on any atom is -0.378 e. The van der Waals surface area contributed by atoms with Crippen LogP contribution in [0.25, 0.3) is 0 Å². The normalized spacial score (nSPS) is 25.6. The molecule has 1 atom stereocenters. The second kappa shape index (κ2) is 4.91. The van der Waals surface area contributed by atoms with E-state index in [0.29, 0.717) is 28.6 Å². The van der Waals surface area contributed by atoms with Crippen molar-refractivity contribution in [3.8, 4) is 0 Å². The zero-order valence-corrected chi connectivity index (χ0v) is 12.0. The van der Waals surface area contributed by atoms with E-state index in [2.05, 4.69) is 5.32 Å². The van der Waals surface area contributed by atoms with Gasteiger partial charge in [0.1, 0.15) is 5.54 Å². The molecule has 0 saturated carbocycles. The standard InChI is InChI=1S/C13H12Cl2N2O3/c14-9-1-2-10(15)8(5-9)6-17-11(18)13(16-12(17)19)3-4-20-7-13/h1-2,5H,3-4,6-7H2,(H,16,19)/t13-/m1/s1. The first-order valence-electron chi connectivity index (χ1n) is 6.18. The summed E-state index contributed by atoms with van der Waals surface area (Å²) in [4.78, 5) is 25.6. The molecule has 0 bridgehead atoms. The van der Waals surface area contributed by atoms with Crippen molar-refractivity contribution in [1.82, 2.24) is 10.2 Å². The van der Waals surface area contributed by atoms with Crippen LogP contribution in [0.5, 0.6) is 0 Å². The van der Waals surface area contributed by atoms with Crippen LogP contribution >= 0.6 is 23.2 Å². The zero-order valence-electron chi connectivity index (χ0n) is 10.5. The van der Waals surface area contributed by atoms with Gasteiger partial charge in [0, 0.05) is 23.1 Å². The van der Waals surface area contributed by atoms with Crippen molar-refractivity contribution in [3.05, 3.63) is 33.8 Å². The molecule has 20 heavy (non-hydrogen) atoms. The number of halogens is 2. The minimum absolute atomic E-state index is 0.103. The Labute approximate surface area is 125 Å². The van der Waals surface area contributed by atoms with Gasteiger partial charge in [-0.05, 0) is 23.8 Å². The van der Waals surface area contributed by atoms with Crippen LogP contribution < -0.4 is 5.32 Å². The highest BCUT2D eigenvalue weighted by Gasteiger charge is 2.53. The third-order valence-electron chi connectivity index (χ3n) is 3.60. The molecule has 1 N–H and O–H groups in total. The van der Waals surface area contributed by atoms with Gasteiger partial charge < -0.3 is 10.1 Å². The molecule has 106 valence electrons. The van der Waals surface area contributed by atoms with Gasteiger partial charge >= 0.3 is 6.03 Å². The highest BCUT2D eigenvalue weighted by atomic mass is 35.5. The number of rotatable bonds is 2. The molecule has 2 aliphatic heterocycles. The Morgan fingerprint density at radius 1 is 1.35 bits per heavy atom. The van der Waals surface area contributed by atoms with Gasteiger partial charge in [0.25, 0.3) is 5.91 Å². The van der Waals surface area contributed by atoms with Crippen molar-refractivity contribution in [1.29, 1.82) is 0 Å². The van der Waals surface area contributed by atoms with Crippen molar-refractivity contribution >= 4 is 35.1 Å². The maximum atomic E-state index is 12.4. The maximum absolute atomic E-state index is 12.4. The van der Waals surface area contributed by atoms with Crippen LogP contribution in [-0.4, -0.2) is 35.6 Å². The summed E-state index contributed by atoms with van der Waals surface area (Å²) in [6, 6.07) is 4.54. The molecule has 0 unspecified atom stereocenters. The molecule has 3 amide bonds. The Morgan fingerprint density at radius 3 is 2.85 bits per heavy atom. The Morgan fingerprint density at radius 2 is 2.15 bits per heavy atom. The summed E-state index contributed by atoms with van der Waals surface area (Å²) in [6.45, 7) is 0.793. The number of hydrogen-bond donors (Lipinski definition) is 1. The Balaban J connectivity index is 1.86. The number of ether oxygens (including phenoxy) is 1. The number of carbonyl (C=O) groups is 2. The van der Waals surface area contributed by atoms with Crippen molar-refractivity contribution < 1.29 is 14.3 Å². The first-order valence-corrected chi connectivity index (χ1v) is 6.93. The van der Waals surface area contributed by atoms with Gasteiger partial charge in [0.2, 0.25) is 0 Å². The molecule has 2 aliphatic rings. The summed E-state index contributed by atoms with van der Waals surface area (Å²) in [5.41, 5.74) is -0.263. The van der Waals surface area contributed by atoms with Gasteiger partial charge in [-0.1, -0.05) is 23.2 Å². The summed E-state index contributed by atoms with van der Waals surface area (Å²) >= 11 is 12.0. The lowest BCUT2D eigenvalue weighted by Crippen LogP contribution is -2.47. The first kappa shape index (κ1) is 13.7. The molecule has 0 aromatic heterocycles. The number of benzene rings is 1. The zero-order chi connectivity index (χ0) is 14.3. The van der Waals surface area contributed by atoms with E-state index < -0.39 is 11.6 Å². The number of carbonyl (C=O) groups excluding carboxylic acids is 2. The summed E-state index contributed by atoms with van der Waals surface area (Å²) in [7, 11) is 0. The number of nitrogens with zero attached hydrogens (tertiary/aromatic N) is 1. The summed E-state index contributed by atoms with van der Waals surface area (Å²) < 4.78 is 5.23. The van der Waals surface area contributed by atoms with Gasteiger partial charge in [0.05, 0.1) is 13.2 Å². The third-order valence-corrected chi connectivity index (χ3v) is 4.21. The van der Waals surface area contributed by atoms with E-state index >= 15 is 0 Å². The predicted octanol–water partition coefficient (Wildman–Crippen LogP) is 2.20. The van der Waals surface area contributed by atoms with Gasteiger partial charge in [0.15, 0.2) is 0 Å². The highest BCUT2D eigenvalue weighted by molar-refractivity contribution is 6.33. The predicted molar refractivity (Wildman–Crippen MR) is 73.7 cm³/mol. The fraction of sp³-hybridized carbons (Fsp3) is 0.385. The van der Waals surface area contributed by atoms with E-state index in [-0.39, 0.29) is 19.1 Å². The van der Waals surface area contributed by atoms with E-state index in [1.807, 2.05) is 0 Å². The van der Waals surface area contributed by atoms with E-state index in [1.165, 1.54) is 0 Å². The van der Waals surface area contributed by atoms with Crippen LogP contribution in [0.2, 0.25) is 10.0 Å². The third kappa shape index (κ3) is 2.16. The molecule has 1 aromatic carbocycles. The van der Waals surface area contributed by atoms with E-state index in [4.69, 9.17) is 27.9 Å². The van der Waals surface area contributed by atoms with Crippen molar-refractivity contribution in [2.45, 2.75) is 18.5 Å².